The van der Waals surface area contributed by atoms with E-state index in [1.54, 1.807) is 0 Å². The number of hydrogen-bond acceptors (Lipinski definition) is 2. The molecular weight excluding hydrogens is 302 g/mol. The zero-order valence-corrected chi connectivity index (χ0v) is 13.9. The lowest BCUT2D eigenvalue weighted by molar-refractivity contribution is 0.612. The minimum absolute atomic E-state index is 0.700. The van der Waals surface area contributed by atoms with Crippen molar-refractivity contribution in [3.63, 3.8) is 0 Å². The molecule has 0 saturated heterocycles. The van der Waals surface area contributed by atoms with Crippen molar-refractivity contribution in [2.75, 3.05) is 6.54 Å². The van der Waals surface area contributed by atoms with Gasteiger partial charge in [-0.1, -0.05) is 59.0 Å². The number of benzene rings is 3. The van der Waals surface area contributed by atoms with E-state index in [0.717, 1.165) is 15.5 Å². The van der Waals surface area contributed by atoms with Crippen molar-refractivity contribution >= 4 is 10.1 Å². The molecule has 0 heterocycles. The van der Waals surface area contributed by atoms with Crippen molar-refractivity contribution in [1.82, 2.24) is 0 Å². The fraction of sp³-hybridized carbons (Fsp3) is 0.100. The summed E-state index contributed by atoms with van der Waals surface area (Å²) in [5.74, 6) is 0.840. The molecule has 0 aliphatic heterocycles. The molecule has 0 saturated carbocycles. The first-order valence-corrected chi connectivity index (χ1v) is 9.23. The highest BCUT2D eigenvalue weighted by molar-refractivity contribution is 8.01. The average molecular weight is 322 g/mol. The molecule has 23 heavy (non-hydrogen) atoms. The molecule has 3 heteroatoms. The maximum Gasteiger partial charge on any atom is 0.209 e. The maximum atomic E-state index is 6.53. The van der Waals surface area contributed by atoms with Gasteiger partial charge in [0.15, 0.2) is 15.5 Å². The summed E-state index contributed by atoms with van der Waals surface area (Å²) in [6, 6.07) is 30.6. The Morgan fingerprint density at radius 1 is 0.696 bits per heavy atom. The third-order valence-electron chi connectivity index (χ3n) is 3.40. The van der Waals surface area contributed by atoms with Crippen molar-refractivity contribution in [2.24, 2.45) is 4.36 Å². The molecule has 0 aliphatic rings. The highest BCUT2D eigenvalue weighted by atomic mass is 32.3. The largest absolute Gasteiger partial charge is 0.295 e. The van der Waals surface area contributed by atoms with Crippen LogP contribution < -0.4 is 4.18 Å². The van der Waals surface area contributed by atoms with Crippen LogP contribution in [0.2, 0.25) is 0 Å². The summed E-state index contributed by atoms with van der Waals surface area (Å²) in [5, 5.41) is 0. The van der Waals surface area contributed by atoms with Crippen LogP contribution >= 0.6 is 0 Å². The lowest BCUT2D eigenvalue weighted by Crippen LogP contribution is -2.21. The van der Waals surface area contributed by atoms with Gasteiger partial charge in [-0.2, -0.15) is 0 Å². The van der Waals surface area contributed by atoms with Crippen LogP contribution in [0.1, 0.15) is 6.92 Å². The Hall–Kier alpha value is -2.39. The summed E-state index contributed by atoms with van der Waals surface area (Å²) in [6.07, 6.45) is 0. The van der Waals surface area contributed by atoms with Gasteiger partial charge < -0.3 is 0 Å². The summed E-state index contributed by atoms with van der Waals surface area (Å²) >= 11 is 0. The van der Waals surface area contributed by atoms with Crippen molar-refractivity contribution < 1.29 is 4.18 Å². The van der Waals surface area contributed by atoms with E-state index < -0.39 is 10.1 Å². The Labute approximate surface area is 139 Å². The molecule has 116 valence electrons. The lowest BCUT2D eigenvalue weighted by Gasteiger charge is -2.18. The third-order valence-corrected chi connectivity index (χ3v) is 6.27. The van der Waals surface area contributed by atoms with Gasteiger partial charge in [0.25, 0.3) is 0 Å². The van der Waals surface area contributed by atoms with Gasteiger partial charge in [0.2, 0.25) is 10.1 Å². The van der Waals surface area contributed by atoms with Gasteiger partial charge in [0, 0.05) is 0 Å². The van der Waals surface area contributed by atoms with Crippen LogP contribution in [-0.4, -0.2) is 6.54 Å². The maximum absolute atomic E-state index is 6.53. The second kappa shape index (κ2) is 7.25. The Balaban J connectivity index is 2.21. The minimum Gasteiger partial charge on any atom is -0.295 e. The third kappa shape index (κ3) is 3.35. The molecule has 2 nitrogen and oxygen atoms in total. The van der Waals surface area contributed by atoms with E-state index in [2.05, 4.69) is 31.2 Å². The summed E-state index contributed by atoms with van der Waals surface area (Å²) < 4.78 is 11.5. The second-order valence-electron chi connectivity index (χ2n) is 4.99. The van der Waals surface area contributed by atoms with Crippen LogP contribution in [0.4, 0.5) is 0 Å². The summed E-state index contributed by atoms with van der Waals surface area (Å²) in [6.45, 7) is 2.76. The Kier molecular flexibility index (Phi) is 4.89. The van der Waals surface area contributed by atoms with Gasteiger partial charge >= 0.3 is 0 Å². The van der Waals surface area contributed by atoms with Crippen molar-refractivity contribution in [2.45, 2.75) is 16.7 Å². The van der Waals surface area contributed by atoms with Crippen LogP contribution in [0.3, 0.4) is 0 Å². The molecule has 0 unspecified atom stereocenters. The van der Waals surface area contributed by atoms with Crippen molar-refractivity contribution in [1.29, 1.82) is 0 Å². The zero-order chi connectivity index (χ0) is 16.0. The molecule has 3 aromatic carbocycles. The number of rotatable bonds is 5. The first-order chi connectivity index (χ1) is 11.3. The van der Waals surface area contributed by atoms with Gasteiger partial charge in [-0.15, -0.1) is 0 Å². The number of para-hydroxylation sites is 1. The first kappa shape index (κ1) is 15.5. The van der Waals surface area contributed by atoms with Crippen LogP contribution in [-0.2, 0) is 10.1 Å². The van der Waals surface area contributed by atoms with Gasteiger partial charge in [0.1, 0.15) is 0 Å². The highest BCUT2D eigenvalue weighted by Gasteiger charge is 2.35. The fourth-order valence-electron chi connectivity index (χ4n) is 2.41. The molecule has 0 aliphatic carbocycles. The quantitative estimate of drug-likeness (QED) is 0.572. The lowest BCUT2D eigenvalue weighted by atomic mass is 10.3. The molecule has 0 aromatic heterocycles. The molecule has 0 atom stereocenters. The van der Waals surface area contributed by atoms with E-state index in [1.165, 1.54) is 0 Å². The molecule has 0 amide bonds. The van der Waals surface area contributed by atoms with E-state index in [1.807, 2.05) is 66.7 Å². The monoisotopic (exact) mass is 322 g/mol. The average Bonchev–Trinajstić information content (AvgIpc) is 2.64. The van der Waals surface area contributed by atoms with Crippen molar-refractivity contribution in [3.05, 3.63) is 91.0 Å². The fourth-order valence-corrected chi connectivity index (χ4v) is 5.04. The van der Waals surface area contributed by atoms with Crippen LogP contribution in [0, 0.1) is 0 Å². The van der Waals surface area contributed by atoms with Crippen LogP contribution in [0.25, 0.3) is 0 Å². The number of hydrogen-bond donors (Lipinski definition) is 0. The normalized spacial score (nSPS) is 11.0. The molecule has 0 bridgehead atoms. The Bertz CT molecular complexity index is 742. The SMILES string of the molecule is CCN=[S+](Oc1ccccc1)(c1ccccc1)c1ccccc1. The van der Waals surface area contributed by atoms with Gasteiger partial charge in [-0.05, 0) is 43.3 Å². The number of nitrogens with zero attached hydrogens (tertiary/aromatic N) is 1. The van der Waals surface area contributed by atoms with Gasteiger partial charge in [-0.25, -0.2) is 0 Å². The predicted octanol–water partition coefficient (Wildman–Crippen LogP) is 5.46. The molecule has 0 N–H and O–H groups in total. The summed E-state index contributed by atoms with van der Waals surface area (Å²) in [4.78, 5) is 2.22. The van der Waals surface area contributed by atoms with E-state index in [4.69, 9.17) is 8.55 Å². The second-order valence-corrected chi connectivity index (χ2v) is 7.41. The minimum atomic E-state index is -1.93. The van der Waals surface area contributed by atoms with Crippen molar-refractivity contribution in [3.8, 4) is 5.75 Å². The molecule has 3 rings (SSSR count). The topological polar surface area (TPSA) is 21.6 Å². The molecule has 0 spiro atoms. The smallest absolute Gasteiger partial charge is 0.209 e. The first-order valence-electron chi connectivity index (χ1n) is 7.72. The standard InChI is InChI=1S/C20H20NOS/c1-2-21-23(19-14-8-4-9-15-19,20-16-10-5-11-17-20)22-18-12-6-3-7-13-18/h3-17H,2H2,1H3/q+1. The zero-order valence-electron chi connectivity index (χ0n) is 13.1. The van der Waals surface area contributed by atoms with Gasteiger partial charge in [-0.3, -0.25) is 4.18 Å². The van der Waals surface area contributed by atoms with Crippen LogP contribution in [0.15, 0.2) is 105 Å². The summed E-state index contributed by atoms with van der Waals surface area (Å²) in [7, 11) is -1.93. The Morgan fingerprint density at radius 3 is 1.57 bits per heavy atom. The van der Waals surface area contributed by atoms with Gasteiger partial charge in [0.05, 0.1) is 6.54 Å². The van der Waals surface area contributed by atoms with E-state index in [-0.39, 0.29) is 0 Å². The van der Waals surface area contributed by atoms with E-state index in [0.29, 0.717) is 6.54 Å². The highest BCUT2D eigenvalue weighted by Crippen LogP contribution is 2.34. The molecule has 0 fully saturated rings. The van der Waals surface area contributed by atoms with E-state index in [9.17, 15) is 0 Å². The van der Waals surface area contributed by atoms with Crippen LogP contribution in [0.5, 0.6) is 5.75 Å². The molecule has 3 aromatic rings. The Morgan fingerprint density at radius 2 is 1.13 bits per heavy atom. The van der Waals surface area contributed by atoms with E-state index >= 15 is 0 Å². The predicted molar refractivity (Wildman–Crippen MR) is 96.8 cm³/mol. The molecule has 0 radical (unpaired) electrons. The molecular formula is C20H20NOS+. The summed E-state index contributed by atoms with van der Waals surface area (Å²) in [5.41, 5.74) is 0.